The Labute approximate surface area is 137 Å². The molecule has 2 N–H and O–H groups in total. The number of aliphatic hydroxyl groups excluding tert-OH is 1. The molecule has 2 rings (SSSR count). The average Bonchev–Trinajstić information content (AvgIpc) is 2.40. The van der Waals surface area contributed by atoms with Crippen LogP contribution in [0.15, 0.2) is 11.6 Å². The topological polar surface area (TPSA) is 40.5 Å². The fraction of sp³-hybridized carbons (Fsp3) is 0.900. The summed E-state index contributed by atoms with van der Waals surface area (Å²) in [6, 6.07) is 0. The van der Waals surface area contributed by atoms with Crippen LogP contribution in [0.3, 0.4) is 0 Å². The van der Waals surface area contributed by atoms with Gasteiger partial charge in [0.15, 0.2) is 0 Å². The van der Waals surface area contributed by atoms with Gasteiger partial charge in [0.2, 0.25) is 0 Å². The Bertz CT molecular complexity index is 421. The highest BCUT2D eigenvalue weighted by Crippen LogP contribution is 2.63. The summed E-state index contributed by atoms with van der Waals surface area (Å²) < 4.78 is 0. The predicted octanol–water partition coefficient (Wildman–Crippen LogP) is 4.70. The normalized spacial score (nSPS) is 42.0. The van der Waals surface area contributed by atoms with Crippen LogP contribution in [0.4, 0.5) is 0 Å². The van der Waals surface area contributed by atoms with Crippen molar-refractivity contribution in [2.75, 3.05) is 6.61 Å². The first-order valence-corrected chi connectivity index (χ1v) is 9.13. The highest BCUT2D eigenvalue weighted by atomic mass is 16.3. The van der Waals surface area contributed by atoms with Crippen molar-refractivity contribution in [3.05, 3.63) is 11.6 Å². The molecule has 0 bridgehead atoms. The maximum absolute atomic E-state index is 11.0. The van der Waals surface area contributed by atoms with Crippen LogP contribution in [0, 0.1) is 22.7 Å². The Balaban J connectivity index is 2.22. The van der Waals surface area contributed by atoms with Crippen LogP contribution >= 0.6 is 0 Å². The summed E-state index contributed by atoms with van der Waals surface area (Å²) in [4.78, 5) is 0. The lowest BCUT2D eigenvalue weighted by Crippen LogP contribution is -2.57. The van der Waals surface area contributed by atoms with Gasteiger partial charge in [-0.25, -0.2) is 0 Å². The fourth-order valence-electron chi connectivity index (χ4n) is 5.32. The van der Waals surface area contributed by atoms with Gasteiger partial charge in [-0.05, 0) is 75.0 Å². The first-order chi connectivity index (χ1) is 10.1. The Morgan fingerprint density at radius 1 is 1.14 bits per heavy atom. The van der Waals surface area contributed by atoms with E-state index in [2.05, 4.69) is 34.6 Å². The third-order valence-corrected chi connectivity index (χ3v) is 7.41. The summed E-state index contributed by atoms with van der Waals surface area (Å²) >= 11 is 0. The van der Waals surface area contributed by atoms with Crippen molar-refractivity contribution >= 4 is 0 Å². The molecule has 4 atom stereocenters. The van der Waals surface area contributed by atoms with Crippen molar-refractivity contribution in [1.82, 2.24) is 0 Å². The first kappa shape index (κ1) is 18.0. The Kier molecular flexibility index (Phi) is 5.14. The van der Waals surface area contributed by atoms with Crippen LogP contribution in [0.25, 0.3) is 0 Å². The zero-order valence-corrected chi connectivity index (χ0v) is 15.3. The Morgan fingerprint density at radius 3 is 2.45 bits per heavy atom. The minimum atomic E-state index is -0.531. The molecule has 22 heavy (non-hydrogen) atoms. The molecule has 128 valence electrons. The molecule has 0 radical (unpaired) electrons. The van der Waals surface area contributed by atoms with E-state index in [0.717, 1.165) is 25.7 Å². The molecule has 2 aliphatic rings. The Morgan fingerprint density at radius 2 is 1.82 bits per heavy atom. The zero-order chi connectivity index (χ0) is 16.6. The minimum Gasteiger partial charge on any atom is -0.392 e. The lowest BCUT2D eigenvalue weighted by atomic mass is 9.44. The molecule has 4 unspecified atom stereocenters. The van der Waals surface area contributed by atoms with Crippen LogP contribution in [-0.4, -0.2) is 22.4 Å². The van der Waals surface area contributed by atoms with E-state index in [4.69, 9.17) is 5.11 Å². The third kappa shape index (κ3) is 3.14. The number of hydrogen-bond donors (Lipinski definition) is 2. The number of hydrogen-bond acceptors (Lipinski definition) is 2. The van der Waals surface area contributed by atoms with E-state index in [0.29, 0.717) is 22.7 Å². The van der Waals surface area contributed by atoms with E-state index >= 15 is 0 Å². The molecule has 2 aliphatic carbocycles. The van der Waals surface area contributed by atoms with Gasteiger partial charge in [-0.3, -0.25) is 0 Å². The molecule has 0 heterocycles. The predicted molar refractivity (Wildman–Crippen MR) is 92.7 cm³/mol. The molecule has 0 aromatic rings. The largest absolute Gasteiger partial charge is 0.392 e. The molecule has 0 aliphatic heterocycles. The van der Waals surface area contributed by atoms with Crippen LogP contribution in [0.1, 0.15) is 79.6 Å². The van der Waals surface area contributed by atoms with Crippen molar-refractivity contribution < 1.29 is 10.2 Å². The van der Waals surface area contributed by atoms with Gasteiger partial charge in [-0.15, -0.1) is 0 Å². The lowest BCUT2D eigenvalue weighted by Gasteiger charge is -2.61. The maximum atomic E-state index is 11.0. The van der Waals surface area contributed by atoms with E-state index in [9.17, 15) is 5.11 Å². The Hall–Kier alpha value is -0.340. The van der Waals surface area contributed by atoms with Gasteiger partial charge in [-0.2, -0.15) is 0 Å². The first-order valence-electron chi connectivity index (χ1n) is 9.13. The number of rotatable bonds is 4. The summed E-state index contributed by atoms with van der Waals surface area (Å²) in [5.74, 6) is 1.01. The number of allylic oxidation sites excluding steroid dienone is 1. The van der Waals surface area contributed by atoms with E-state index in [1.165, 1.54) is 24.8 Å². The van der Waals surface area contributed by atoms with Crippen molar-refractivity contribution in [1.29, 1.82) is 0 Å². The zero-order valence-electron chi connectivity index (χ0n) is 15.3. The molecule has 0 aromatic heterocycles. The summed E-state index contributed by atoms with van der Waals surface area (Å²) in [6.45, 7) is 11.6. The number of fused-ring (bicyclic) bond motifs is 1. The minimum absolute atomic E-state index is 0.126. The fourth-order valence-corrected chi connectivity index (χ4v) is 5.32. The van der Waals surface area contributed by atoms with Crippen LogP contribution in [0.2, 0.25) is 0 Å². The van der Waals surface area contributed by atoms with E-state index in [1.54, 1.807) is 0 Å². The molecule has 0 aromatic carbocycles. The van der Waals surface area contributed by atoms with Crippen LogP contribution < -0.4 is 0 Å². The molecule has 0 amide bonds. The lowest BCUT2D eigenvalue weighted by molar-refractivity contribution is -0.166. The van der Waals surface area contributed by atoms with Gasteiger partial charge >= 0.3 is 0 Å². The second kappa shape index (κ2) is 6.28. The highest BCUT2D eigenvalue weighted by molar-refractivity contribution is 5.08. The van der Waals surface area contributed by atoms with Gasteiger partial charge in [0.1, 0.15) is 0 Å². The third-order valence-electron chi connectivity index (χ3n) is 7.41. The SMILES string of the molecule is CC(=CCO)CCC1C2CCCC(C)(C)C2(C)CCC1(C)O. The molecule has 2 heteroatoms. The van der Waals surface area contributed by atoms with Crippen molar-refractivity contribution in [2.24, 2.45) is 22.7 Å². The smallest absolute Gasteiger partial charge is 0.0651 e. The molecular formula is C20H36O2. The van der Waals surface area contributed by atoms with Crippen molar-refractivity contribution in [3.63, 3.8) is 0 Å². The molecular weight excluding hydrogens is 272 g/mol. The quantitative estimate of drug-likeness (QED) is 0.739. The van der Waals surface area contributed by atoms with Gasteiger partial charge < -0.3 is 10.2 Å². The van der Waals surface area contributed by atoms with E-state index in [1.807, 2.05) is 6.08 Å². The maximum Gasteiger partial charge on any atom is 0.0651 e. The number of aliphatic hydroxyl groups is 2. The average molecular weight is 309 g/mol. The molecule has 2 saturated carbocycles. The second-order valence-corrected chi connectivity index (χ2v) is 9.04. The standard InChI is InChI=1S/C20H36O2/c1-15(10-14-21)8-9-17-16-7-6-11-18(2,3)19(16,4)12-13-20(17,5)22/h10,16-17,21-22H,6-9,11-14H2,1-5H3. The molecule has 0 spiro atoms. The van der Waals surface area contributed by atoms with Crippen molar-refractivity contribution in [3.8, 4) is 0 Å². The van der Waals surface area contributed by atoms with Crippen molar-refractivity contribution in [2.45, 2.75) is 85.2 Å². The highest BCUT2D eigenvalue weighted by Gasteiger charge is 2.57. The molecule has 2 nitrogen and oxygen atoms in total. The summed E-state index contributed by atoms with van der Waals surface area (Å²) in [6.07, 6.45) is 9.91. The molecule has 2 fully saturated rings. The summed E-state index contributed by atoms with van der Waals surface area (Å²) in [5.41, 5.74) is 1.45. The molecule has 0 saturated heterocycles. The van der Waals surface area contributed by atoms with Gasteiger partial charge in [0.25, 0.3) is 0 Å². The second-order valence-electron chi connectivity index (χ2n) is 9.04. The van der Waals surface area contributed by atoms with Crippen LogP contribution in [0.5, 0.6) is 0 Å². The van der Waals surface area contributed by atoms with Gasteiger partial charge in [0.05, 0.1) is 12.2 Å². The van der Waals surface area contributed by atoms with Gasteiger partial charge in [-0.1, -0.05) is 38.8 Å². The monoisotopic (exact) mass is 308 g/mol. The summed E-state index contributed by atoms with van der Waals surface area (Å²) in [5, 5.41) is 20.1. The van der Waals surface area contributed by atoms with Gasteiger partial charge in [0, 0.05) is 0 Å². The van der Waals surface area contributed by atoms with Crippen LogP contribution in [-0.2, 0) is 0 Å². The summed E-state index contributed by atoms with van der Waals surface area (Å²) in [7, 11) is 0. The van der Waals surface area contributed by atoms with E-state index in [-0.39, 0.29) is 6.61 Å². The van der Waals surface area contributed by atoms with E-state index < -0.39 is 5.60 Å².